The van der Waals surface area contributed by atoms with E-state index >= 15 is 0 Å². The minimum Gasteiger partial charge on any atom is -0.503 e. The van der Waals surface area contributed by atoms with Crippen LogP contribution in [0.5, 0.6) is 5.75 Å². The van der Waals surface area contributed by atoms with E-state index in [1.807, 2.05) is 0 Å². The number of hydrogen-bond donors (Lipinski definition) is 1. The van der Waals surface area contributed by atoms with Gasteiger partial charge in [0.1, 0.15) is 22.6 Å². The van der Waals surface area contributed by atoms with Crippen LogP contribution >= 0.6 is 0 Å². The van der Waals surface area contributed by atoms with Gasteiger partial charge >= 0.3 is 12.1 Å². The predicted molar refractivity (Wildman–Crippen MR) is 131 cm³/mol. The molecule has 12 heteroatoms. The zero-order chi connectivity index (χ0) is 27.4. The van der Waals surface area contributed by atoms with Gasteiger partial charge in [-0.05, 0) is 36.0 Å². The molecule has 202 valence electrons. The molecule has 3 heterocycles. The van der Waals surface area contributed by atoms with Crippen molar-refractivity contribution >= 4 is 29.0 Å². The smallest absolute Gasteiger partial charge is 0.471 e. The van der Waals surface area contributed by atoms with Gasteiger partial charge in [0.05, 0.1) is 26.0 Å². The molecule has 4 rings (SSSR count). The highest BCUT2D eigenvalue weighted by atomic mass is 19.4. The molecular formula is C26H26F4N4O4. The van der Waals surface area contributed by atoms with Crippen LogP contribution in [0.15, 0.2) is 42.9 Å². The van der Waals surface area contributed by atoms with E-state index in [0.29, 0.717) is 59.4 Å². The number of halogens is 4. The predicted octanol–water partition coefficient (Wildman–Crippen LogP) is 4.46. The minimum absolute atomic E-state index is 0.233. The number of pyridine rings is 1. The number of amides is 2. The molecule has 0 atom stereocenters. The lowest BCUT2D eigenvalue weighted by atomic mass is 9.88. The van der Waals surface area contributed by atoms with Crippen molar-refractivity contribution in [2.24, 2.45) is 0 Å². The number of methoxy groups -OCH3 is 2. The number of ether oxygens (including phenoxy) is 2. The second-order valence-corrected chi connectivity index (χ2v) is 8.78. The van der Waals surface area contributed by atoms with Crippen LogP contribution in [0.4, 0.5) is 17.6 Å². The quantitative estimate of drug-likeness (QED) is 0.358. The molecule has 0 spiro atoms. The summed E-state index contributed by atoms with van der Waals surface area (Å²) in [5, 5.41) is 1.80. The molecule has 1 aromatic carbocycles. The molecule has 2 amide bonds. The largest absolute Gasteiger partial charge is 0.503 e. The van der Waals surface area contributed by atoms with Crippen LogP contribution < -0.4 is 10.1 Å². The van der Waals surface area contributed by atoms with Crippen LogP contribution in [0, 0.1) is 5.82 Å². The van der Waals surface area contributed by atoms with Gasteiger partial charge in [0.15, 0.2) is 0 Å². The average molecular weight is 535 g/mol. The van der Waals surface area contributed by atoms with Crippen molar-refractivity contribution in [3.05, 3.63) is 65.4 Å². The van der Waals surface area contributed by atoms with E-state index in [9.17, 15) is 27.2 Å². The fourth-order valence-corrected chi connectivity index (χ4v) is 4.58. The maximum absolute atomic E-state index is 14.6. The maximum Gasteiger partial charge on any atom is 0.471 e. The Hall–Kier alpha value is -4.09. The highest BCUT2D eigenvalue weighted by Gasteiger charge is 2.38. The minimum atomic E-state index is -4.99. The van der Waals surface area contributed by atoms with Crippen molar-refractivity contribution in [1.82, 2.24) is 19.8 Å². The average Bonchev–Trinajstić information content (AvgIpc) is 3.29. The lowest BCUT2D eigenvalue weighted by Gasteiger charge is -2.32. The molecule has 1 aliphatic rings. The van der Waals surface area contributed by atoms with Gasteiger partial charge in [0.2, 0.25) is 0 Å². The fraction of sp³-hybridized carbons (Fsp3) is 0.346. The van der Waals surface area contributed by atoms with E-state index in [2.05, 4.69) is 4.98 Å². The Balaban J connectivity index is 1.49. The summed E-state index contributed by atoms with van der Waals surface area (Å²) >= 11 is 0. The van der Waals surface area contributed by atoms with Gasteiger partial charge in [-0.1, -0.05) is 12.1 Å². The number of fused-ring (bicyclic) bond motifs is 1. The number of alkyl halides is 3. The van der Waals surface area contributed by atoms with Crippen LogP contribution in [0.25, 0.3) is 17.2 Å². The number of benzene rings is 1. The Morgan fingerprint density at radius 1 is 1.18 bits per heavy atom. The van der Waals surface area contributed by atoms with Crippen LogP contribution in [0.3, 0.4) is 0 Å². The molecular weight excluding hydrogens is 508 g/mol. The van der Waals surface area contributed by atoms with E-state index in [-0.39, 0.29) is 18.4 Å². The second kappa shape index (κ2) is 11.1. The summed E-state index contributed by atoms with van der Waals surface area (Å²) in [5.74, 6) is -2.47. The van der Waals surface area contributed by atoms with Gasteiger partial charge in [-0.25, -0.2) is 4.39 Å². The van der Waals surface area contributed by atoms with Gasteiger partial charge in [0.25, 0.3) is 5.91 Å². The maximum atomic E-state index is 14.6. The Bertz CT molecular complexity index is 1360. The van der Waals surface area contributed by atoms with Gasteiger partial charge < -0.3 is 24.3 Å². The molecule has 3 aromatic rings. The first kappa shape index (κ1) is 27.0. The third kappa shape index (κ3) is 5.58. The molecule has 0 aliphatic carbocycles. The van der Waals surface area contributed by atoms with Crippen molar-refractivity contribution < 1.29 is 36.6 Å². The summed E-state index contributed by atoms with van der Waals surface area (Å²) in [7, 11) is 3.03. The first-order chi connectivity index (χ1) is 18.1. The van der Waals surface area contributed by atoms with Gasteiger partial charge in [-0.2, -0.15) is 13.2 Å². The molecule has 1 aliphatic heterocycles. The molecule has 38 heavy (non-hydrogen) atoms. The Morgan fingerprint density at radius 3 is 2.58 bits per heavy atom. The summed E-state index contributed by atoms with van der Waals surface area (Å²) < 4.78 is 64.2. The summed E-state index contributed by atoms with van der Waals surface area (Å²) in [4.78, 5) is 30.6. The van der Waals surface area contributed by atoms with Crippen LogP contribution in [0.2, 0.25) is 0 Å². The van der Waals surface area contributed by atoms with Crippen molar-refractivity contribution in [3.8, 4) is 5.75 Å². The zero-order valence-electron chi connectivity index (χ0n) is 20.7. The summed E-state index contributed by atoms with van der Waals surface area (Å²) in [6.45, 7) is 0.325. The molecule has 1 N–H and O–H groups in total. The second-order valence-electron chi connectivity index (χ2n) is 8.78. The highest BCUT2D eigenvalue weighted by molar-refractivity contribution is 6.07. The molecule has 2 aromatic heterocycles. The van der Waals surface area contributed by atoms with Gasteiger partial charge in [0, 0.05) is 44.3 Å². The third-order valence-electron chi connectivity index (χ3n) is 6.47. The molecule has 0 saturated carbocycles. The number of likely N-dealkylation sites (tertiary alicyclic amines) is 1. The van der Waals surface area contributed by atoms with E-state index < -0.39 is 17.9 Å². The first-order valence-corrected chi connectivity index (χ1v) is 11.8. The summed E-state index contributed by atoms with van der Waals surface area (Å²) in [6, 6.07) is 5.68. The van der Waals surface area contributed by atoms with Crippen molar-refractivity contribution in [2.45, 2.75) is 31.5 Å². The highest BCUT2D eigenvalue weighted by Crippen LogP contribution is 2.33. The monoisotopic (exact) mass is 534 g/mol. The first-order valence-electron chi connectivity index (χ1n) is 11.8. The fourth-order valence-electron chi connectivity index (χ4n) is 4.58. The van der Waals surface area contributed by atoms with Crippen LogP contribution in [-0.4, -0.2) is 59.8 Å². The van der Waals surface area contributed by atoms with Crippen LogP contribution in [0.1, 0.15) is 40.2 Å². The Kier molecular flexibility index (Phi) is 7.88. The van der Waals surface area contributed by atoms with E-state index in [4.69, 9.17) is 9.47 Å². The van der Waals surface area contributed by atoms with E-state index in [1.165, 1.54) is 38.7 Å². The van der Waals surface area contributed by atoms with Crippen molar-refractivity contribution in [3.63, 3.8) is 0 Å². The number of rotatable bonds is 7. The number of carbonyl (C=O) groups excluding carboxylic acids is 2. The standard InChI is InChI=1S/C26H26F4N4O4/c1-37-12-11-34-15-19(22-23(34)21(38-2)5-8-31-22)24(35)33-9-6-17(7-10-33)18-13-16(3-4-20(18)27)14-32-25(36)26(28,29)30/h3-5,8,11-13,15,17H,6-7,9-10,14H2,1-2H3,(H,32,36)/b12-11+. The SMILES string of the molecule is CO/C=C/n1cc(C(=O)N2CCC(c3cc(CNC(=O)C(F)(F)F)ccc3F)CC2)c2nccc(OC)c21. The molecule has 1 fully saturated rings. The normalized spacial score (nSPS) is 14.7. The number of carbonyl (C=O) groups is 2. The number of piperidine rings is 1. The molecule has 1 saturated heterocycles. The number of aromatic nitrogens is 2. The summed E-state index contributed by atoms with van der Waals surface area (Å²) in [5.41, 5.74) is 2.17. The molecule has 8 nitrogen and oxygen atoms in total. The van der Waals surface area contributed by atoms with Crippen LogP contribution in [-0.2, 0) is 16.1 Å². The van der Waals surface area contributed by atoms with E-state index in [0.717, 1.165) is 0 Å². The van der Waals surface area contributed by atoms with Gasteiger partial charge in [-0.15, -0.1) is 0 Å². The number of hydrogen-bond acceptors (Lipinski definition) is 5. The molecule has 0 unspecified atom stereocenters. The zero-order valence-corrected chi connectivity index (χ0v) is 20.7. The molecule has 0 radical (unpaired) electrons. The van der Waals surface area contributed by atoms with Crippen molar-refractivity contribution in [2.75, 3.05) is 27.3 Å². The topological polar surface area (TPSA) is 85.7 Å². The Labute approximate surface area is 215 Å². The molecule has 0 bridgehead atoms. The lowest BCUT2D eigenvalue weighted by Crippen LogP contribution is -2.38. The van der Waals surface area contributed by atoms with Crippen molar-refractivity contribution in [1.29, 1.82) is 0 Å². The number of nitrogens with zero attached hydrogens (tertiary/aromatic N) is 3. The third-order valence-corrected chi connectivity index (χ3v) is 6.47. The Morgan fingerprint density at radius 2 is 1.92 bits per heavy atom. The lowest BCUT2D eigenvalue weighted by molar-refractivity contribution is -0.173. The number of nitrogens with one attached hydrogen (secondary N) is 1. The van der Waals surface area contributed by atoms with E-state index in [1.54, 1.807) is 39.4 Å². The summed E-state index contributed by atoms with van der Waals surface area (Å²) in [6.07, 6.45) is 2.24. The van der Waals surface area contributed by atoms with Gasteiger partial charge in [-0.3, -0.25) is 14.6 Å².